The van der Waals surface area contributed by atoms with Crippen molar-refractivity contribution in [3.8, 4) is 0 Å². The van der Waals surface area contributed by atoms with Gasteiger partial charge in [-0.15, -0.1) is 11.8 Å². The Kier molecular flexibility index (Phi) is 6.77. The zero-order valence-corrected chi connectivity index (χ0v) is 23.2. The lowest BCUT2D eigenvalue weighted by Crippen LogP contribution is -2.47. The SMILES string of the molecule is CS(=O)(=O)CC(N)C1(c2ccc3ncnc(Nc4ccc5c(cnn5Cc5cccc(F)c5)c4)c3c2)C=NCS1. The van der Waals surface area contributed by atoms with Crippen LogP contribution in [0.5, 0.6) is 0 Å². The van der Waals surface area contributed by atoms with Crippen molar-refractivity contribution in [2.75, 3.05) is 23.2 Å². The second-order valence-electron chi connectivity index (χ2n) is 9.86. The van der Waals surface area contributed by atoms with E-state index in [9.17, 15) is 12.8 Å². The molecule has 0 saturated heterocycles. The maximum absolute atomic E-state index is 13.6. The number of hydrogen-bond acceptors (Lipinski definition) is 9. The van der Waals surface area contributed by atoms with Gasteiger partial charge in [0, 0.05) is 35.0 Å². The van der Waals surface area contributed by atoms with Crippen LogP contribution in [-0.2, 0) is 21.1 Å². The molecular formula is C28H26FN7O2S2. The van der Waals surface area contributed by atoms with Gasteiger partial charge in [0.25, 0.3) is 0 Å². The number of fused-ring (bicyclic) bond motifs is 2. The summed E-state index contributed by atoms with van der Waals surface area (Å²) < 4.78 is 38.8. The summed E-state index contributed by atoms with van der Waals surface area (Å²) in [5.41, 5.74) is 10.6. The Morgan fingerprint density at radius 3 is 2.80 bits per heavy atom. The van der Waals surface area contributed by atoms with E-state index in [0.29, 0.717) is 18.2 Å². The molecule has 5 aromatic rings. The standard InChI is InChI=1S/C28H26FN7O2S2/c1-40(37,38)14-26(30)28(15-31-17-39-28)20-5-7-24-23(11-20)27(33-16-32-24)35-22-6-8-25-19(10-22)12-34-36(25)13-18-3-2-4-21(29)9-18/h2-12,15-16,26H,13-14,17,30H2,1H3,(H,32,33,35). The predicted molar refractivity (Wildman–Crippen MR) is 158 cm³/mol. The molecular weight excluding hydrogens is 549 g/mol. The summed E-state index contributed by atoms with van der Waals surface area (Å²) in [6.07, 6.45) is 6.23. The van der Waals surface area contributed by atoms with Crippen molar-refractivity contribution in [1.29, 1.82) is 0 Å². The lowest BCUT2D eigenvalue weighted by Gasteiger charge is -2.32. The molecule has 0 fully saturated rings. The molecule has 3 heterocycles. The van der Waals surface area contributed by atoms with Crippen LogP contribution in [0.25, 0.3) is 21.8 Å². The Bertz CT molecular complexity index is 1880. The molecule has 0 amide bonds. The zero-order valence-electron chi connectivity index (χ0n) is 21.5. The van der Waals surface area contributed by atoms with Gasteiger partial charge in [-0.2, -0.15) is 5.10 Å². The van der Waals surface area contributed by atoms with Crippen LogP contribution < -0.4 is 11.1 Å². The largest absolute Gasteiger partial charge is 0.340 e. The van der Waals surface area contributed by atoms with Crippen molar-refractivity contribution < 1.29 is 12.8 Å². The highest BCUT2D eigenvalue weighted by Crippen LogP contribution is 2.43. The van der Waals surface area contributed by atoms with E-state index in [1.54, 1.807) is 18.5 Å². The first-order valence-electron chi connectivity index (χ1n) is 12.5. The lowest BCUT2D eigenvalue weighted by atomic mass is 9.91. The number of hydrogen-bond donors (Lipinski definition) is 2. The monoisotopic (exact) mass is 575 g/mol. The number of benzene rings is 3. The maximum atomic E-state index is 13.6. The first kappa shape index (κ1) is 26.4. The van der Waals surface area contributed by atoms with Gasteiger partial charge < -0.3 is 11.1 Å². The topological polar surface area (TPSA) is 128 Å². The molecule has 0 saturated carbocycles. The Morgan fingerprint density at radius 1 is 1.15 bits per heavy atom. The number of nitrogens with zero attached hydrogens (tertiary/aromatic N) is 5. The average molecular weight is 576 g/mol. The molecule has 204 valence electrons. The summed E-state index contributed by atoms with van der Waals surface area (Å²) in [7, 11) is -3.29. The quantitative estimate of drug-likeness (QED) is 0.281. The summed E-state index contributed by atoms with van der Waals surface area (Å²) in [6.45, 7) is 0.456. The number of nitrogens with two attached hydrogens (primary N) is 1. The van der Waals surface area contributed by atoms with Gasteiger partial charge in [-0.05, 0) is 53.6 Å². The van der Waals surface area contributed by atoms with Crippen molar-refractivity contribution >= 4 is 61.1 Å². The Morgan fingerprint density at radius 2 is 2.02 bits per heavy atom. The molecule has 0 spiro atoms. The number of rotatable bonds is 8. The van der Waals surface area contributed by atoms with Gasteiger partial charge in [0.2, 0.25) is 0 Å². The van der Waals surface area contributed by atoms with E-state index in [2.05, 4.69) is 25.4 Å². The summed E-state index contributed by atoms with van der Waals surface area (Å²) in [5.74, 6) is 0.666. The first-order chi connectivity index (χ1) is 19.2. The molecule has 2 unspecified atom stereocenters. The predicted octanol–water partition coefficient (Wildman–Crippen LogP) is 4.25. The van der Waals surface area contributed by atoms with E-state index in [1.807, 2.05) is 47.1 Å². The number of sulfone groups is 1. The van der Waals surface area contributed by atoms with Gasteiger partial charge in [-0.25, -0.2) is 22.8 Å². The second-order valence-corrected chi connectivity index (χ2v) is 13.3. The molecule has 1 aliphatic rings. The Hall–Kier alpha value is -3.87. The molecule has 6 rings (SSSR count). The number of anilines is 2. The number of aromatic nitrogens is 4. The molecule has 0 bridgehead atoms. The summed E-state index contributed by atoms with van der Waals surface area (Å²) in [6, 6.07) is 17.5. The van der Waals surface area contributed by atoms with Crippen molar-refractivity contribution in [2.24, 2.45) is 10.7 Å². The van der Waals surface area contributed by atoms with E-state index in [0.717, 1.165) is 38.6 Å². The number of nitrogens with one attached hydrogen (secondary N) is 1. The Labute approximate surface area is 234 Å². The first-order valence-corrected chi connectivity index (χ1v) is 15.6. The van der Waals surface area contributed by atoms with Crippen LogP contribution >= 0.6 is 11.8 Å². The van der Waals surface area contributed by atoms with E-state index in [4.69, 9.17) is 5.73 Å². The lowest BCUT2D eigenvalue weighted by molar-refractivity contribution is 0.581. The van der Waals surface area contributed by atoms with E-state index < -0.39 is 20.6 Å². The van der Waals surface area contributed by atoms with Crippen LogP contribution in [-0.4, -0.2) is 58.3 Å². The van der Waals surface area contributed by atoms with Crippen molar-refractivity contribution in [2.45, 2.75) is 17.3 Å². The highest BCUT2D eigenvalue weighted by Gasteiger charge is 2.42. The molecule has 3 aromatic carbocycles. The average Bonchev–Trinajstić information content (AvgIpc) is 3.56. The normalized spacial score (nSPS) is 18.0. The van der Waals surface area contributed by atoms with Gasteiger partial charge in [0.1, 0.15) is 27.8 Å². The highest BCUT2D eigenvalue weighted by atomic mass is 32.2. The molecule has 3 N–H and O–H groups in total. The van der Waals surface area contributed by atoms with Crippen LogP contribution in [0.15, 0.2) is 78.2 Å². The van der Waals surface area contributed by atoms with E-state index in [1.165, 1.54) is 36.5 Å². The summed E-state index contributed by atoms with van der Waals surface area (Å²) in [5, 5.41) is 9.59. The number of halogens is 1. The fourth-order valence-corrected chi connectivity index (χ4v) is 7.14. The molecule has 0 radical (unpaired) electrons. The second kappa shape index (κ2) is 10.3. The minimum atomic E-state index is -3.29. The van der Waals surface area contributed by atoms with Crippen LogP contribution in [0.4, 0.5) is 15.9 Å². The third-order valence-electron chi connectivity index (χ3n) is 6.91. The van der Waals surface area contributed by atoms with Crippen LogP contribution in [0.2, 0.25) is 0 Å². The highest BCUT2D eigenvalue weighted by molar-refractivity contribution is 8.01. The zero-order chi connectivity index (χ0) is 27.9. The summed E-state index contributed by atoms with van der Waals surface area (Å²) >= 11 is 1.51. The van der Waals surface area contributed by atoms with E-state index in [-0.39, 0.29) is 11.6 Å². The molecule has 2 atom stereocenters. The van der Waals surface area contributed by atoms with Crippen molar-refractivity contribution in [1.82, 2.24) is 19.7 Å². The smallest absolute Gasteiger partial charge is 0.149 e. The molecule has 0 aliphatic carbocycles. The van der Waals surface area contributed by atoms with Crippen molar-refractivity contribution in [3.05, 3.63) is 90.1 Å². The maximum Gasteiger partial charge on any atom is 0.149 e. The van der Waals surface area contributed by atoms with Gasteiger partial charge in [-0.3, -0.25) is 9.67 Å². The van der Waals surface area contributed by atoms with Crippen LogP contribution in [0.3, 0.4) is 0 Å². The third-order valence-corrected chi connectivity index (χ3v) is 9.27. The third kappa shape index (κ3) is 5.17. The van der Waals surface area contributed by atoms with Gasteiger partial charge in [0.15, 0.2) is 0 Å². The van der Waals surface area contributed by atoms with Crippen LogP contribution in [0, 0.1) is 5.82 Å². The van der Waals surface area contributed by atoms with Gasteiger partial charge in [-0.1, -0.05) is 18.2 Å². The fraction of sp³-hybridized carbons (Fsp3) is 0.214. The number of thioether (sulfide) groups is 1. The fourth-order valence-electron chi connectivity index (χ4n) is 5.01. The molecule has 2 aromatic heterocycles. The molecule has 12 heteroatoms. The van der Waals surface area contributed by atoms with E-state index >= 15 is 0 Å². The summed E-state index contributed by atoms with van der Waals surface area (Å²) in [4.78, 5) is 13.3. The number of aliphatic imine (C=N–C) groups is 1. The minimum absolute atomic E-state index is 0.159. The van der Waals surface area contributed by atoms with Crippen LogP contribution in [0.1, 0.15) is 11.1 Å². The minimum Gasteiger partial charge on any atom is -0.340 e. The molecule has 40 heavy (non-hydrogen) atoms. The van der Waals surface area contributed by atoms with Crippen molar-refractivity contribution in [3.63, 3.8) is 0 Å². The van der Waals surface area contributed by atoms with Gasteiger partial charge >= 0.3 is 0 Å². The molecule has 9 nitrogen and oxygen atoms in total. The van der Waals surface area contributed by atoms with Gasteiger partial charge in [0.05, 0.1) is 40.2 Å². The molecule has 1 aliphatic heterocycles. The Balaban J connectivity index is 1.32.